The standard InChI is InChI=1S/C40H24OS/c1-2-11-25(12-3-1)26-13-10-14-27(23-26)37-29-15-4-6-17-31(29)38(32-18-7-5-16-30(32)37)28-21-22-34-36(24-28)42-40-39(34)33-19-8-9-20-35(33)41-40/h1-24H. The summed E-state index contributed by atoms with van der Waals surface area (Å²) in [5.74, 6) is 0. The maximum absolute atomic E-state index is 6.25. The van der Waals surface area contributed by atoms with Gasteiger partial charge in [0.2, 0.25) is 0 Å². The molecule has 0 aliphatic rings. The molecular weight excluding hydrogens is 529 g/mol. The number of hydrogen-bond donors (Lipinski definition) is 0. The van der Waals surface area contributed by atoms with Crippen LogP contribution in [0.2, 0.25) is 0 Å². The molecule has 0 amide bonds. The SMILES string of the molecule is c1ccc(-c2cccc(-c3c4ccccc4c(-c4ccc5c(c4)sc4oc6ccccc6c45)c4ccccc34)c2)cc1. The molecule has 0 unspecified atom stereocenters. The minimum absolute atomic E-state index is 0.952. The normalized spacial score (nSPS) is 11.8. The van der Waals surface area contributed by atoms with Crippen LogP contribution in [0.3, 0.4) is 0 Å². The first-order valence-corrected chi connectivity index (χ1v) is 15.1. The number of para-hydroxylation sites is 1. The van der Waals surface area contributed by atoms with E-state index in [4.69, 9.17) is 4.42 Å². The van der Waals surface area contributed by atoms with E-state index in [2.05, 4.69) is 140 Å². The van der Waals surface area contributed by atoms with Crippen LogP contribution in [0.1, 0.15) is 0 Å². The molecule has 2 heteroatoms. The Hall–Kier alpha value is -5.18. The Balaban J connectivity index is 1.31. The van der Waals surface area contributed by atoms with Crippen molar-refractivity contribution in [3.63, 3.8) is 0 Å². The summed E-state index contributed by atoms with van der Waals surface area (Å²) in [6.07, 6.45) is 0. The molecule has 9 rings (SSSR count). The van der Waals surface area contributed by atoms with Gasteiger partial charge in [0.25, 0.3) is 0 Å². The van der Waals surface area contributed by atoms with E-state index in [1.807, 2.05) is 6.07 Å². The zero-order chi connectivity index (χ0) is 27.6. The lowest BCUT2D eigenvalue weighted by atomic mass is 9.85. The second-order valence-electron chi connectivity index (χ2n) is 10.9. The molecule has 196 valence electrons. The van der Waals surface area contributed by atoms with Crippen molar-refractivity contribution in [3.8, 4) is 33.4 Å². The van der Waals surface area contributed by atoms with Crippen molar-refractivity contribution < 1.29 is 4.42 Å². The van der Waals surface area contributed by atoms with Crippen molar-refractivity contribution in [1.29, 1.82) is 0 Å². The lowest BCUT2D eigenvalue weighted by Crippen LogP contribution is -1.91. The summed E-state index contributed by atoms with van der Waals surface area (Å²) in [6, 6.07) is 52.6. The van der Waals surface area contributed by atoms with Crippen LogP contribution < -0.4 is 0 Å². The van der Waals surface area contributed by atoms with Crippen LogP contribution in [0, 0.1) is 0 Å². The molecule has 0 bridgehead atoms. The van der Waals surface area contributed by atoms with Crippen molar-refractivity contribution in [2.24, 2.45) is 0 Å². The molecule has 0 saturated carbocycles. The van der Waals surface area contributed by atoms with E-state index >= 15 is 0 Å². The topological polar surface area (TPSA) is 13.1 Å². The average molecular weight is 553 g/mol. The Morgan fingerprint density at radius 1 is 0.381 bits per heavy atom. The number of hydrogen-bond acceptors (Lipinski definition) is 2. The van der Waals surface area contributed by atoms with Crippen molar-refractivity contribution in [1.82, 2.24) is 0 Å². The fourth-order valence-electron chi connectivity index (χ4n) is 6.65. The molecule has 2 aromatic heterocycles. The lowest BCUT2D eigenvalue weighted by molar-refractivity contribution is 0.678. The van der Waals surface area contributed by atoms with Crippen molar-refractivity contribution in [2.45, 2.75) is 0 Å². The summed E-state index contributed by atoms with van der Waals surface area (Å²) in [4.78, 5) is 0.992. The van der Waals surface area contributed by atoms with Crippen LogP contribution in [0.15, 0.2) is 150 Å². The highest BCUT2D eigenvalue weighted by molar-refractivity contribution is 7.25. The third-order valence-electron chi connectivity index (χ3n) is 8.50. The fraction of sp³-hybridized carbons (Fsp3) is 0. The van der Waals surface area contributed by atoms with E-state index in [9.17, 15) is 0 Å². The minimum atomic E-state index is 0.952. The van der Waals surface area contributed by atoms with Crippen LogP contribution in [-0.4, -0.2) is 0 Å². The van der Waals surface area contributed by atoms with Crippen LogP contribution in [-0.2, 0) is 0 Å². The van der Waals surface area contributed by atoms with Gasteiger partial charge < -0.3 is 4.42 Å². The van der Waals surface area contributed by atoms with Gasteiger partial charge in [0.1, 0.15) is 5.58 Å². The van der Waals surface area contributed by atoms with Crippen LogP contribution in [0.25, 0.3) is 86.3 Å². The van der Waals surface area contributed by atoms with Gasteiger partial charge in [-0.3, -0.25) is 0 Å². The van der Waals surface area contributed by atoms with Crippen molar-refractivity contribution in [2.75, 3.05) is 0 Å². The minimum Gasteiger partial charge on any atom is -0.445 e. The molecule has 7 aromatic carbocycles. The third kappa shape index (κ3) is 3.49. The number of benzene rings is 7. The van der Waals surface area contributed by atoms with E-state index in [1.165, 1.54) is 75.8 Å². The Morgan fingerprint density at radius 3 is 1.62 bits per heavy atom. The highest BCUT2D eigenvalue weighted by Crippen LogP contribution is 2.46. The highest BCUT2D eigenvalue weighted by atomic mass is 32.1. The number of fused-ring (bicyclic) bond motifs is 7. The van der Waals surface area contributed by atoms with E-state index < -0.39 is 0 Å². The van der Waals surface area contributed by atoms with Crippen molar-refractivity contribution in [3.05, 3.63) is 146 Å². The number of thiophene rings is 1. The molecule has 0 fully saturated rings. The molecule has 9 aromatic rings. The summed E-state index contributed by atoms with van der Waals surface area (Å²) in [6.45, 7) is 0. The molecule has 0 atom stereocenters. The van der Waals surface area contributed by atoms with Gasteiger partial charge in [0, 0.05) is 20.9 Å². The van der Waals surface area contributed by atoms with Gasteiger partial charge in [-0.1, -0.05) is 139 Å². The summed E-state index contributed by atoms with van der Waals surface area (Å²) in [7, 11) is 0. The molecular formula is C40H24OS. The Morgan fingerprint density at radius 2 is 0.929 bits per heavy atom. The van der Waals surface area contributed by atoms with Crippen LogP contribution in [0.5, 0.6) is 0 Å². The summed E-state index contributed by atoms with van der Waals surface area (Å²) >= 11 is 1.74. The van der Waals surface area contributed by atoms with E-state index in [-0.39, 0.29) is 0 Å². The first kappa shape index (κ1) is 23.5. The Bertz CT molecular complexity index is 2400. The van der Waals surface area contributed by atoms with E-state index in [0.717, 1.165) is 10.5 Å². The predicted molar refractivity (Wildman–Crippen MR) is 180 cm³/mol. The number of rotatable bonds is 3. The fourth-order valence-corrected chi connectivity index (χ4v) is 7.77. The van der Waals surface area contributed by atoms with Gasteiger partial charge in [-0.15, -0.1) is 0 Å². The van der Waals surface area contributed by atoms with E-state index in [1.54, 1.807) is 11.3 Å². The molecule has 0 N–H and O–H groups in total. The molecule has 2 heterocycles. The Kier molecular flexibility index (Phi) is 5.13. The summed E-state index contributed by atoms with van der Waals surface area (Å²) in [5, 5.41) is 8.73. The van der Waals surface area contributed by atoms with Gasteiger partial charge >= 0.3 is 0 Å². The smallest absolute Gasteiger partial charge is 0.190 e. The second kappa shape index (κ2) is 9.17. The monoisotopic (exact) mass is 552 g/mol. The average Bonchev–Trinajstić information content (AvgIpc) is 3.59. The second-order valence-corrected chi connectivity index (χ2v) is 11.9. The quantitative estimate of drug-likeness (QED) is 0.199. The molecule has 1 nitrogen and oxygen atoms in total. The largest absolute Gasteiger partial charge is 0.445 e. The first-order valence-electron chi connectivity index (χ1n) is 14.3. The molecule has 42 heavy (non-hydrogen) atoms. The maximum Gasteiger partial charge on any atom is 0.190 e. The van der Waals surface area contributed by atoms with E-state index in [0.29, 0.717) is 0 Å². The molecule has 0 aliphatic heterocycles. The van der Waals surface area contributed by atoms with Gasteiger partial charge in [-0.2, -0.15) is 0 Å². The number of furan rings is 1. The van der Waals surface area contributed by atoms with Gasteiger partial charge in [0.05, 0.1) is 0 Å². The molecule has 0 aliphatic carbocycles. The predicted octanol–water partition coefficient (Wildman–Crippen LogP) is 12.1. The summed E-state index contributed by atoms with van der Waals surface area (Å²) in [5.41, 5.74) is 8.43. The van der Waals surface area contributed by atoms with Crippen LogP contribution in [0.4, 0.5) is 0 Å². The highest BCUT2D eigenvalue weighted by Gasteiger charge is 2.19. The molecule has 0 saturated heterocycles. The summed E-state index contributed by atoms with van der Waals surface area (Å²) < 4.78 is 7.50. The molecule has 0 radical (unpaired) electrons. The lowest BCUT2D eigenvalue weighted by Gasteiger charge is -2.18. The first-order chi connectivity index (χ1) is 20.8. The zero-order valence-corrected chi connectivity index (χ0v) is 23.5. The van der Waals surface area contributed by atoms with Gasteiger partial charge in [-0.05, 0) is 73.1 Å². The third-order valence-corrected chi connectivity index (χ3v) is 9.53. The zero-order valence-electron chi connectivity index (χ0n) is 22.7. The van der Waals surface area contributed by atoms with Gasteiger partial charge in [0.15, 0.2) is 4.90 Å². The van der Waals surface area contributed by atoms with Crippen LogP contribution >= 0.6 is 11.3 Å². The Labute approximate surface area is 246 Å². The van der Waals surface area contributed by atoms with Gasteiger partial charge in [-0.25, -0.2) is 0 Å². The van der Waals surface area contributed by atoms with Crippen molar-refractivity contribution >= 4 is 64.2 Å². The maximum atomic E-state index is 6.25. The molecule has 0 spiro atoms.